The first-order valence-electron chi connectivity index (χ1n) is 14.8. The molecule has 3 amide bonds. The minimum Gasteiger partial charge on any atom is -0.321 e. The number of nitrogens with one attached hydrogen (secondary N) is 3. The summed E-state index contributed by atoms with van der Waals surface area (Å²) in [5.41, 5.74) is 4.69. The molecule has 5 aromatic rings. The van der Waals surface area contributed by atoms with E-state index in [1.165, 1.54) is 28.7 Å². The number of hydrogen-bond donors (Lipinski definition) is 3. The Balaban J connectivity index is 1.37. The Morgan fingerprint density at radius 1 is 0.804 bits per heavy atom. The topological polar surface area (TPSA) is 100 Å². The molecule has 1 unspecified atom stereocenters. The number of carbonyl (C=O) groups is 3. The molecule has 3 N–H and O–H groups in total. The van der Waals surface area contributed by atoms with Gasteiger partial charge in [-0.2, -0.15) is 0 Å². The van der Waals surface area contributed by atoms with Gasteiger partial charge in [-0.3, -0.25) is 14.4 Å². The number of thiazole rings is 1. The van der Waals surface area contributed by atoms with Gasteiger partial charge >= 0.3 is 0 Å². The SMILES string of the molecule is Cc1csc(NC(=O)C(Sc2cccc(NC(=O)/C(=C\c3ccc(C(C)C)cc3)NC(=O)c3ccccc3)c2)c2ccccc2)n1. The van der Waals surface area contributed by atoms with Gasteiger partial charge in [0.05, 0.1) is 5.69 Å². The highest BCUT2D eigenvalue weighted by Gasteiger charge is 2.23. The van der Waals surface area contributed by atoms with E-state index in [1.54, 1.807) is 36.4 Å². The van der Waals surface area contributed by atoms with Gasteiger partial charge in [0.25, 0.3) is 11.8 Å². The number of aryl methyl sites for hydroxylation is 1. The molecule has 0 saturated carbocycles. The normalized spacial score (nSPS) is 12.0. The van der Waals surface area contributed by atoms with Gasteiger partial charge in [0.15, 0.2) is 5.13 Å². The Hall–Kier alpha value is -4.99. The van der Waals surface area contributed by atoms with Crippen molar-refractivity contribution in [3.63, 3.8) is 0 Å². The van der Waals surface area contributed by atoms with Gasteiger partial charge in [0.2, 0.25) is 5.91 Å². The maximum Gasteiger partial charge on any atom is 0.272 e. The number of amides is 3. The molecule has 1 heterocycles. The van der Waals surface area contributed by atoms with E-state index in [0.29, 0.717) is 22.3 Å². The number of anilines is 2. The van der Waals surface area contributed by atoms with Crippen molar-refractivity contribution in [3.05, 3.63) is 148 Å². The van der Waals surface area contributed by atoms with Gasteiger partial charge < -0.3 is 16.0 Å². The average Bonchev–Trinajstić information content (AvgIpc) is 3.48. The molecule has 0 fully saturated rings. The van der Waals surface area contributed by atoms with Gasteiger partial charge in [-0.1, -0.05) is 92.7 Å². The molecule has 9 heteroatoms. The van der Waals surface area contributed by atoms with Gasteiger partial charge in [-0.15, -0.1) is 23.1 Å². The second-order valence-corrected chi connectivity index (χ2v) is 12.9. The molecule has 1 aromatic heterocycles. The highest BCUT2D eigenvalue weighted by atomic mass is 32.2. The van der Waals surface area contributed by atoms with Crippen LogP contribution in [0, 0.1) is 6.92 Å². The van der Waals surface area contributed by atoms with Crippen LogP contribution in [0.3, 0.4) is 0 Å². The van der Waals surface area contributed by atoms with Crippen molar-refractivity contribution < 1.29 is 14.4 Å². The van der Waals surface area contributed by atoms with E-state index in [4.69, 9.17) is 0 Å². The third-order valence-electron chi connectivity index (χ3n) is 6.98. The molecule has 0 aliphatic carbocycles. The summed E-state index contributed by atoms with van der Waals surface area (Å²) in [6.45, 7) is 6.12. The zero-order valence-electron chi connectivity index (χ0n) is 25.7. The van der Waals surface area contributed by atoms with Crippen LogP contribution in [0.1, 0.15) is 57.8 Å². The van der Waals surface area contributed by atoms with Crippen LogP contribution in [0.4, 0.5) is 10.8 Å². The number of hydrogen-bond acceptors (Lipinski definition) is 6. The van der Waals surface area contributed by atoms with Gasteiger partial charge in [0.1, 0.15) is 10.9 Å². The Bertz CT molecular complexity index is 1840. The number of benzene rings is 4. The first-order chi connectivity index (χ1) is 22.2. The van der Waals surface area contributed by atoms with Crippen molar-refractivity contribution in [1.82, 2.24) is 10.3 Å². The van der Waals surface area contributed by atoms with Crippen molar-refractivity contribution in [1.29, 1.82) is 0 Å². The zero-order valence-corrected chi connectivity index (χ0v) is 27.3. The molecule has 7 nitrogen and oxygen atoms in total. The highest BCUT2D eigenvalue weighted by Crippen LogP contribution is 2.37. The van der Waals surface area contributed by atoms with E-state index in [2.05, 4.69) is 34.8 Å². The van der Waals surface area contributed by atoms with Crippen molar-refractivity contribution in [2.24, 2.45) is 0 Å². The molecule has 46 heavy (non-hydrogen) atoms. The standard InChI is InChI=1S/C37H34N4O3S2/c1-24(2)27-19-17-26(18-20-27)21-32(40-34(42)29-13-8-5-9-14-29)35(43)39-30-15-10-16-31(22-30)46-33(28-11-6-4-7-12-28)36(44)41-37-38-25(3)23-45-37/h4-24,33H,1-3H3,(H,39,43)(H,40,42)(H,38,41,44)/b32-21+. The molecular weight excluding hydrogens is 613 g/mol. The Morgan fingerprint density at radius 3 is 2.15 bits per heavy atom. The number of nitrogens with zero attached hydrogens (tertiary/aromatic N) is 1. The minimum absolute atomic E-state index is 0.101. The van der Waals surface area contributed by atoms with Crippen LogP contribution >= 0.6 is 23.1 Å². The summed E-state index contributed by atoms with van der Waals surface area (Å²) in [7, 11) is 0. The summed E-state index contributed by atoms with van der Waals surface area (Å²) in [5, 5.41) is 10.5. The Kier molecular flexibility index (Phi) is 10.8. The molecule has 0 aliphatic heterocycles. The van der Waals surface area contributed by atoms with Crippen LogP contribution in [-0.4, -0.2) is 22.7 Å². The van der Waals surface area contributed by atoms with Crippen LogP contribution in [-0.2, 0) is 9.59 Å². The maximum atomic E-state index is 13.7. The fourth-order valence-electron chi connectivity index (χ4n) is 4.55. The molecule has 0 aliphatic rings. The Labute approximate surface area is 277 Å². The maximum absolute atomic E-state index is 13.7. The summed E-state index contributed by atoms with van der Waals surface area (Å²) in [4.78, 5) is 45.3. The predicted octanol–water partition coefficient (Wildman–Crippen LogP) is 8.46. The summed E-state index contributed by atoms with van der Waals surface area (Å²) >= 11 is 2.75. The lowest BCUT2D eigenvalue weighted by Crippen LogP contribution is -2.30. The van der Waals surface area contributed by atoms with Crippen molar-refractivity contribution >= 4 is 57.7 Å². The zero-order chi connectivity index (χ0) is 32.5. The van der Waals surface area contributed by atoms with E-state index in [0.717, 1.165) is 21.7 Å². The Morgan fingerprint density at radius 2 is 1.50 bits per heavy atom. The van der Waals surface area contributed by atoms with Crippen LogP contribution in [0.2, 0.25) is 0 Å². The average molecular weight is 647 g/mol. The first kappa shape index (κ1) is 32.4. The van der Waals surface area contributed by atoms with Crippen LogP contribution < -0.4 is 16.0 Å². The molecule has 5 rings (SSSR count). The third kappa shape index (κ3) is 8.80. The van der Waals surface area contributed by atoms with E-state index < -0.39 is 17.1 Å². The second-order valence-electron chi connectivity index (χ2n) is 10.9. The number of thioether (sulfide) groups is 1. The van der Waals surface area contributed by atoms with Crippen LogP contribution in [0.15, 0.2) is 125 Å². The lowest BCUT2D eigenvalue weighted by Gasteiger charge is -2.17. The summed E-state index contributed by atoms with van der Waals surface area (Å²) < 4.78 is 0. The summed E-state index contributed by atoms with van der Waals surface area (Å²) in [5.74, 6) is -0.696. The monoisotopic (exact) mass is 646 g/mol. The lowest BCUT2D eigenvalue weighted by atomic mass is 10.0. The number of rotatable bonds is 11. The second kappa shape index (κ2) is 15.3. The highest BCUT2D eigenvalue weighted by molar-refractivity contribution is 8.00. The molecule has 1 atom stereocenters. The van der Waals surface area contributed by atoms with E-state index in [1.807, 2.05) is 91.2 Å². The molecule has 0 saturated heterocycles. The first-order valence-corrected chi connectivity index (χ1v) is 16.5. The van der Waals surface area contributed by atoms with Crippen LogP contribution in [0.25, 0.3) is 6.08 Å². The third-order valence-corrected chi connectivity index (χ3v) is 9.10. The fraction of sp³-hybridized carbons (Fsp3) is 0.135. The van der Waals surface area contributed by atoms with Gasteiger partial charge in [-0.25, -0.2) is 4.98 Å². The predicted molar refractivity (Wildman–Crippen MR) is 188 cm³/mol. The fourth-order valence-corrected chi connectivity index (χ4v) is 6.33. The largest absolute Gasteiger partial charge is 0.321 e. The summed E-state index contributed by atoms with van der Waals surface area (Å²) in [6.07, 6.45) is 1.66. The van der Waals surface area contributed by atoms with Crippen molar-refractivity contribution in [2.45, 2.75) is 36.8 Å². The molecule has 0 spiro atoms. The molecule has 232 valence electrons. The van der Waals surface area contributed by atoms with Crippen molar-refractivity contribution in [3.8, 4) is 0 Å². The van der Waals surface area contributed by atoms with E-state index in [-0.39, 0.29) is 11.6 Å². The van der Waals surface area contributed by atoms with Gasteiger partial charge in [0, 0.05) is 21.5 Å². The smallest absolute Gasteiger partial charge is 0.272 e. The molecule has 4 aromatic carbocycles. The van der Waals surface area contributed by atoms with E-state index in [9.17, 15) is 14.4 Å². The summed E-state index contributed by atoms with van der Waals surface area (Å²) in [6, 6.07) is 33.5. The minimum atomic E-state index is -0.564. The molecular formula is C37H34N4O3S2. The quantitative estimate of drug-likeness (QED) is 0.0988. The number of carbonyl (C=O) groups excluding carboxylic acids is 3. The van der Waals surface area contributed by atoms with Crippen LogP contribution in [0.5, 0.6) is 0 Å². The lowest BCUT2D eigenvalue weighted by molar-refractivity contribution is -0.116. The molecule has 0 radical (unpaired) electrons. The molecule has 0 bridgehead atoms. The van der Waals surface area contributed by atoms with Gasteiger partial charge in [-0.05, 0) is 65.9 Å². The van der Waals surface area contributed by atoms with E-state index >= 15 is 0 Å². The number of aromatic nitrogens is 1. The van der Waals surface area contributed by atoms with Crippen molar-refractivity contribution in [2.75, 3.05) is 10.6 Å².